The fraction of sp³-hybridized carbons (Fsp3) is 0.938. The number of cyclic esters (lactones) is 1. The zero-order valence-corrected chi connectivity index (χ0v) is 14.2. The normalized spacial score (nSPS) is 53.4. The lowest BCUT2D eigenvalue weighted by Gasteiger charge is -2.45. The summed E-state index contributed by atoms with van der Waals surface area (Å²) in [6.45, 7) is 2.91. The maximum absolute atomic E-state index is 11.8. The summed E-state index contributed by atoms with van der Waals surface area (Å²) in [6, 6.07) is 0. The van der Waals surface area contributed by atoms with E-state index in [4.69, 9.17) is 14.2 Å². The molecule has 0 aromatic carbocycles. The van der Waals surface area contributed by atoms with Crippen LogP contribution in [-0.2, 0) is 19.0 Å². The number of fused-ring (bicyclic) bond motifs is 1. The Kier molecular flexibility index (Phi) is 5.11. The molecule has 10 atom stereocenters. The van der Waals surface area contributed by atoms with Crippen LogP contribution in [0.25, 0.3) is 0 Å². The summed E-state index contributed by atoms with van der Waals surface area (Å²) in [7, 11) is 0. The highest BCUT2D eigenvalue weighted by molar-refractivity contribution is 5.73. The van der Waals surface area contributed by atoms with Gasteiger partial charge in [0, 0.05) is 5.92 Å². The van der Waals surface area contributed by atoms with Crippen molar-refractivity contribution in [2.75, 3.05) is 13.2 Å². The lowest BCUT2D eigenvalue weighted by atomic mass is 9.79. The number of hydrogen-bond acceptors (Lipinski definition) is 9. The number of esters is 1. The Morgan fingerprint density at radius 1 is 1.20 bits per heavy atom. The topological polar surface area (TPSA) is 146 Å². The van der Waals surface area contributed by atoms with E-state index in [2.05, 4.69) is 0 Å². The lowest BCUT2D eigenvalue weighted by molar-refractivity contribution is -0.338. The highest BCUT2D eigenvalue weighted by Gasteiger charge is 2.59. The Morgan fingerprint density at radius 3 is 2.52 bits per heavy atom. The highest BCUT2D eigenvalue weighted by atomic mass is 16.7. The standard InChI is InChI=1S/C16H26O9/c1-6-7-3-10(18)16(2,8(7)5-23-14(6)22)25-15-13(21)12(20)11(19)9(4-17)24-15/h6-13,15,17-21H,3-5H2,1-2H3/t6-,7?,8?,9-,10+,11-,12-,13-,15+,16+/m1/s1. The molecule has 3 rings (SSSR count). The van der Waals surface area contributed by atoms with E-state index < -0.39 is 49.0 Å². The second-order valence-electron chi connectivity index (χ2n) is 7.44. The molecule has 1 aliphatic carbocycles. The maximum Gasteiger partial charge on any atom is 0.308 e. The molecule has 0 aromatic rings. The van der Waals surface area contributed by atoms with Gasteiger partial charge in [-0.1, -0.05) is 6.92 Å². The molecule has 144 valence electrons. The molecule has 9 heteroatoms. The molecule has 25 heavy (non-hydrogen) atoms. The predicted molar refractivity (Wildman–Crippen MR) is 81.0 cm³/mol. The molecular weight excluding hydrogens is 336 g/mol. The summed E-state index contributed by atoms with van der Waals surface area (Å²) < 4.78 is 16.4. The first-order chi connectivity index (χ1) is 11.7. The highest BCUT2D eigenvalue weighted by Crippen LogP contribution is 2.49. The van der Waals surface area contributed by atoms with Crippen LogP contribution in [-0.4, -0.2) is 87.1 Å². The van der Waals surface area contributed by atoms with E-state index in [-0.39, 0.29) is 30.3 Å². The van der Waals surface area contributed by atoms with Gasteiger partial charge in [-0.15, -0.1) is 0 Å². The van der Waals surface area contributed by atoms with Gasteiger partial charge in [0.2, 0.25) is 0 Å². The van der Waals surface area contributed by atoms with Crippen molar-refractivity contribution in [3.05, 3.63) is 0 Å². The van der Waals surface area contributed by atoms with Crippen molar-refractivity contribution in [1.29, 1.82) is 0 Å². The minimum atomic E-state index is -1.56. The summed E-state index contributed by atoms with van der Waals surface area (Å²) in [5, 5.41) is 49.7. The second-order valence-corrected chi connectivity index (χ2v) is 7.44. The average Bonchev–Trinajstić information content (AvgIpc) is 2.83. The van der Waals surface area contributed by atoms with Crippen LogP contribution in [0.2, 0.25) is 0 Å². The van der Waals surface area contributed by atoms with Gasteiger partial charge in [0.05, 0.1) is 25.2 Å². The Balaban J connectivity index is 1.80. The minimum Gasteiger partial charge on any atom is -0.465 e. The average molecular weight is 362 g/mol. The monoisotopic (exact) mass is 362 g/mol. The lowest BCUT2D eigenvalue weighted by Crippen LogP contribution is -2.62. The van der Waals surface area contributed by atoms with Gasteiger partial charge in [-0.05, 0) is 19.3 Å². The Morgan fingerprint density at radius 2 is 1.88 bits per heavy atom. The quantitative estimate of drug-likeness (QED) is 0.351. The molecule has 0 spiro atoms. The van der Waals surface area contributed by atoms with E-state index >= 15 is 0 Å². The molecule has 3 aliphatic rings. The molecule has 0 radical (unpaired) electrons. The molecule has 0 bridgehead atoms. The van der Waals surface area contributed by atoms with E-state index in [9.17, 15) is 30.3 Å². The molecule has 2 unspecified atom stereocenters. The van der Waals surface area contributed by atoms with Gasteiger partial charge in [-0.3, -0.25) is 4.79 Å². The van der Waals surface area contributed by atoms with E-state index in [0.29, 0.717) is 6.42 Å². The van der Waals surface area contributed by atoms with Crippen molar-refractivity contribution in [2.45, 2.75) is 62.7 Å². The smallest absolute Gasteiger partial charge is 0.308 e. The molecule has 3 fully saturated rings. The maximum atomic E-state index is 11.8. The van der Waals surface area contributed by atoms with E-state index in [1.807, 2.05) is 0 Å². The van der Waals surface area contributed by atoms with Crippen LogP contribution < -0.4 is 0 Å². The third kappa shape index (κ3) is 2.97. The number of rotatable bonds is 3. The zero-order valence-electron chi connectivity index (χ0n) is 14.2. The Hall–Kier alpha value is -0.810. The number of carbonyl (C=O) groups excluding carboxylic acids is 1. The third-order valence-corrected chi connectivity index (χ3v) is 6.05. The second kappa shape index (κ2) is 6.73. The first-order valence-electron chi connectivity index (χ1n) is 8.53. The number of aliphatic hydroxyl groups is 5. The fourth-order valence-electron chi connectivity index (χ4n) is 4.23. The summed E-state index contributed by atoms with van der Waals surface area (Å²) in [4.78, 5) is 11.8. The van der Waals surface area contributed by atoms with E-state index in [1.165, 1.54) is 0 Å². The van der Waals surface area contributed by atoms with Crippen molar-refractivity contribution in [2.24, 2.45) is 17.8 Å². The molecule has 5 N–H and O–H groups in total. The molecule has 1 saturated carbocycles. The van der Waals surface area contributed by atoms with Gasteiger partial charge in [0.15, 0.2) is 6.29 Å². The molecule has 2 saturated heterocycles. The van der Waals surface area contributed by atoms with Crippen LogP contribution >= 0.6 is 0 Å². The fourth-order valence-corrected chi connectivity index (χ4v) is 4.23. The van der Waals surface area contributed by atoms with Crippen molar-refractivity contribution >= 4 is 5.97 Å². The number of hydrogen-bond donors (Lipinski definition) is 5. The SMILES string of the molecule is C[C@H]1C(=O)OCC2C1C[C@H](O)[C@@]2(C)O[C@@H]1O[C@H](CO)[C@@H](O)[C@@H](O)[C@H]1O. The predicted octanol–water partition coefficient (Wildman–Crippen LogP) is -2.25. The van der Waals surface area contributed by atoms with Gasteiger partial charge in [-0.2, -0.15) is 0 Å². The summed E-state index contributed by atoms with van der Waals surface area (Å²) >= 11 is 0. The van der Waals surface area contributed by atoms with E-state index in [0.717, 1.165) is 0 Å². The third-order valence-electron chi connectivity index (χ3n) is 6.05. The molecule has 2 heterocycles. The zero-order chi connectivity index (χ0) is 18.5. The van der Waals surface area contributed by atoms with Crippen LogP contribution in [0.5, 0.6) is 0 Å². The first kappa shape index (κ1) is 19.0. The van der Waals surface area contributed by atoms with Crippen molar-refractivity contribution in [3.63, 3.8) is 0 Å². The Bertz CT molecular complexity index is 512. The van der Waals surface area contributed by atoms with Crippen LogP contribution in [0.1, 0.15) is 20.3 Å². The van der Waals surface area contributed by atoms with Crippen molar-refractivity contribution < 1.29 is 44.5 Å². The van der Waals surface area contributed by atoms with Crippen LogP contribution in [0, 0.1) is 17.8 Å². The van der Waals surface area contributed by atoms with Gasteiger partial charge in [-0.25, -0.2) is 0 Å². The minimum absolute atomic E-state index is 0.0822. The van der Waals surface area contributed by atoms with Crippen molar-refractivity contribution in [1.82, 2.24) is 0 Å². The number of carbonyl (C=O) groups is 1. The molecule has 9 nitrogen and oxygen atoms in total. The molecular formula is C16H26O9. The van der Waals surface area contributed by atoms with Crippen LogP contribution in [0.15, 0.2) is 0 Å². The van der Waals surface area contributed by atoms with Crippen LogP contribution in [0.3, 0.4) is 0 Å². The first-order valence-corrected chi connectivity index (χ1v) is 8.53. The summed E-state index contributed by atoms with van der Waals surface area (Å²) in [5.41, 5.74) is -1.17. The summed E-state index contributed by atoms with van der Waals surface area (Å²) in [6.07, 6.45) is -7.61. The molecule has 0 amide bonds. The Labute approximate surface area is 145 Å². The van der Waals surface area contributed by atoms with Gasteiger partial charge in [0.1, 0.15) is 30.0 Å². The van der Waals surface area contributed by atoms with Gasteiger partial charge >= 0.3 is 5.97 Å². The van der Waals surface area contributed by atoms with Gasteiger partial charge < -0.3 is 39.7 Å². The van der Waals surface area contributed by atoms with Crippen LogP contribution in [0.4, 0.5) is 0 Å². The van der Waals surface area contributed by atoms with Gasteiger partial charge in [0.25, 0.3) is 0 Å². The largest absolute Gasteiger partial charge is 0.465 e. The molecule has 0 aromatic heterocycles. The van der Waals surface area contributed by atoms with E-state index in [1.54, 1.807) is 13.8 Å². The van der Waals surface area contributed by atoms with Crippen molar-refractivity contribution in [3.8, 4) is 0 Å². The summed E-state index contributed by atoms with van der Waals surface area (Å²) in [5.74, 6) is -1.13. The number of ether oxygens (including phenoxy) is 3. The number of aliphatic hydroxyl groups excluding tert-OH is 5. The molecule has 2 aliphatic heterocycles.